The predicted octanol–water partition coefficient (Wildman–Crippen LogP) is 1.66. The van der Waals surface area contributed by atoms with E-state index < -0.39 is 5.60 Å². The molecule has 0 unspecified atom stereocenters. The maximum atomic E-state index is 12.3. The van der Waals surface area contributed by atoms with E-state index in [1.807, 2.05) is 20.8 Å². The van der Waals surface area contributed by atoms with Crippen LogP contribution in [-0.4, -0.2) is 59.0 Å². The lowest BCUT2D eigenvalue weighted by atomic mass is 10.1. The van der Waals surface area contributed by atoms with Gasteiger partial charge < -0.3 is 4.74 Å². The number of carbonyl (C=O) groups excluding carboxylic acids is 2. The Morgan fingerprint density at radius 1 is 1.21 bits per heavy atom. The molecule has 0 aromatic carbocycles. The molecular formula is C14H24N2O3. The van der Waals surface area contributed by atoms with Gasteiger partial charge in [0.1, 0.15) is 11.6 Å². The van der Waals surface area contributed by atoms with E-state index in [0.29, 0.717) is 19.1 Å². The minimum atomic E-state index is -0.523. The number of piperazine rings is 1. The van der Waals surface area contributed by atoms with Crippen molar-refractivity contribution in [3.8, 4) is 0 Å². The molecule has 0 bridgehead atoms. The Kier molecular flexibility index (Phi) is 3.85. The van der Waals surface area contributed by atoms with Gasteiger partial charge in [-0.2, -0.15) is 0 Å². The van der Waals surface area contributed by atoms with Gasteiger partial charge in [0.15, 0.2) is 5.78 Å². The van der Waals surface area contributed by atoms with Crippen LogP contribution >= 0.6 is 0 Å². The molecule has 0 radical (unpaired) electrons. The van der Waals surface area contributed by atoms with Gasteiger partial charge in [-0.05, 0) is 47.1 Å². The topological polar surface area (TPSA) is 49.9 Å². The first kappa shape index (κ1) is 14.3. The van der Waals surface area contributed by atoms with Gasteiger partial charge in [-0.3, -0.25) is 14.6 Å². The summed E-state index contributed by atoms with van der Waals surface area (Å²) in [4.78, 5) is 28.0. The highest BCUT2D eigenvalue weighted by Crippen LogP contribution is 2.26. The number of ether oxygens (including phenoxy) is 1. The van der Waals surface area contributed by atoms with Gasteiger partial charge in [0, 0.05) is 19.1 Å². The third-order valence-electron chi connectivity index (χ3n) is 3.79. The van der Waals surface area contributed by atoms with E-state index in [4.69, 9.17) is 4.74 Å². The fourth-order valence-corrected chi connectivity index (χ4v) is 2.89. The Hall–Kier alpha value is -1.10. The van der Waals surface area contributed by atoms with Crippen LogP contribution in [0.1, 0.15) is 40.5 Å². The lowest BCUT2D eigenvalue weighted by Gasteiger charge is -2.42. The number of nitrogens with zero attached hydrogens (tertiary/aromatic N) is 2. The Bertz CT molecular complexity index is 375. The van der Waals surface area contributed by atoms with E-state index >= 15 is 0 Å². The summed E-state index contributed by atoms with van der Waals surface area (Å²) in [5, 5.41) is 0. The van der Waals surface area contributed by atoms with Gasteiger partial charge in [-0.1, -0.05) is 0 Å². The average molecular weight is 268 g/mol. The molecule has 5 heteroatoms. The molecule has 2 saturated heterocycles. The summed E-state index contributed by atoms with van der Waals surface area (Å²) in [7, 11) is 0. The van der Waals surface area contributed by atoms with Crippen molar-refractivity contribution in [2.24, 2.45) is 0 Å². The van der Waals surface area contributed by atoms with Crippen molar-refractivity contribution in [2.75, 3.05) is 19.6 Å². The smallest absolute Gasteiger partial charge is 0.411 e. The third-order valence-corrected chi connectivity index (χ3v) is 3.79. The number of Topliss-reactive ketones (excluding diaryl/α,β-unsaturated/α-hetero) is 1. The molecule has 2 aliphatic heterocycles. The molecule has 1 amide bonds. The molecule has 5 nitrogen and oxygen atoms in total. The first-order chi connectivity index (χ1) is 8.78. The van der Waals surface area contributed by atoms with Crippen molar-refractivity contribution in [3.63, 3.8) is 0 Å². The maximum Gasteiger partial charge on any atom is 0.411 e. The molecule has 19 heavy (non-hydrogen) atoms. The van der Waals surface area contributed by atoms with Crippen LogP contribution < -0.4 is 0 Å². The van der Waals surface area contributed by atoms with Crippen molar-refractivity contribution in [1.29, 1.82) is 0 Å². The molecule has 0 saturated carbocycles. The minimum absolute atomic E-state index is 0.0382. The van der Waals surface area contributed by atoms with Crippen LogP contribution in [0.2, 0.25) is 0 Å². The van der Waals surface area contributed by atoms with Gasteiger partial charge in [-0.15, -0.1) is 0 Å². The number of carbonyl (C=O) groups is 2. The third kappa shape index (κ3) is 3.26. The monoisotopic (exact) mass is 268 g/mol. The van der Waals surface area contributed by atoms with Crippen molar-refractivity contribution in [3.05, 3.63) is 0 Å². The van der Waals surface area contributed by atoms with Gasteiger partial charge in [0.2, 0.25) is 0 Å². The highest BCUT2D eigenvalue weighted by atomic mass is 16.6. The maximum absolute atomic E-state index is 12.3. The van der Waals surface area contributed by atoms with Crippen LogP contribution in [0.3, 0.4) is 0 Å². The van der Waals surface area contributed by atoms with Gasteiger partial charge in [-0.25, -0.2) is 4.79 Å². The molecule has 2 atom stereocenters. The second-order valence-corrected chi connectivity index (χ2v) is 6.55. The molecule has 0 N–H and O–H groups in total. The highest BCUT2D eigenvalue weighted by molar-refractivity contribution is 5.86. The molecule has 0 aromatic heterocycles. The van der Waals surface area contributed by atoms with Crippen LogP contribution in [-0.2, 0) is 9.53 Å². The molecule has 0 aromatic rings. The summed E-state index contributed by atoms with van der Waals surface area (Å²) in [5.41, 5.74) is -0.523. The van der Waals surface area contributed by atoms with E-state index in [9.17, 15) is 9.59 Å². The Balaban J connectivity index is 2.11. The summed E-state index contributed by atoms with van der Waals surface area (Å²) in [6.07, 6.45) is 1.89. The van der Waals surface area contributed by atoms with Crippen LogP contribution in [0.25, 0.3) is 0 Å². The largest absolute Gasteiger partial charge is 0.444 e. The molecule has 108 valence electrons. The number of rotatable bonds is 1. The molecule has 0 spiro atoms. The van der Waals surface area contributed by atoms with E-state index in [0.717, 1.165) is 19.4 Å². The normalized spacial score (nSPS) is 28.1. The fraction of sp³-hybridized carbons (Fsp3) is 0.857. The summed E-state index contributed by atoms with van der Waals surface area (Å²) >= 11 is 0. The zero-order chi connectivity index (χ0) is 14.2. The van der Waals surface area contributed by atoms with Gasteiger partial charge in [0.25, 0.3) is 0 Å². The Morgan fingerprint density at radius 3 is 2.47 bits per heavy atom. The zero-order valence-electron chi connectivity index (χ0n) is 12.3. The number of fused-ring (bicyclic) bond motifs is 1. The average Bonchev–Trinajstić information content (AvgIpc) is 2.71. The number of ketones is 1. The Labute approximate surface area is 114 Å². The first-order valence-corrected chi connectivity index (χ1v) is 7.02. The van der Waals surface area contributed by atoms with Crippen LogP contribution in [0.15, 0.2) is 0 Å². The molecule has 2 rings (SSSR count). The van der Waals surface area contributed by atoms with Crippen LogP contribution in [0.5, 0.6) is 0 Å². The van der Waals surface area contributed by atoms with E-state index in [1.54, 1.807) is 11.8 Å². The van der Waals surface area contributed by atoms with Gasteiger partial charge in [0.05, 0.1) is 0 Å². The molecular weight excluding hydrogens is 244 g/mol. The quantitative estimate of drug-likeness (QED) is 0.725. The van der Waals surface area contributed by atoms with Crippen molar-refractivity contribution in [2.45, 2.75) is 58.2 Å². The molecule has 0 aliphatic carbocycles. The second kappa shape index (κ2) is 5.12. The second-order valence-electron chi connectivity index (χ2n) is 6.55. The van der Waals surface area contributed by atoms with E-state index in [-0.39, 0.29) is 17.9 Å². The minimum Gasteiger partial charge on any atom is -0.444 e. The SMILES string of the molecule is CC(=O)[C@@H]1CN2CCC[C@@H]2CN1C(=O)OC(C)(C)C. The molecule has 2 fully saturated rings. The fourth-order valence-electron chi connectivity index (χ4n) is 2.89. The summed E-state index contributed by atoms with van der Waals surface area (Å²) in [6, 6.07) is 0.0346. The molecule has 2 aliphatic rings. The van der Waals surface area contributed by atoms with Crippen molar-refractivity contribution in [1.82, 2.24) is 9.80 Å². The van der Waals surface area contributed by atoms with Gasteiger partial charge >= 0.3 is 6.09 Å². The van der Waals surface area contributed by atoms with E-state index in [1.165, 1.54) is 0 Å². The lowest BCUT2D eigenvalue weighted by molar-refractivity contribution is -0.125. The van der Waals surface area contributed by atoms with Crippen LogP contribution in [0, 0.1) is 0 Å². The molecule has 2 heterocycles. The predicted molar refractivity (Wildman–Crippen MR) is 72.0 cm³/mol. The summed E-state index contributed by atoms with van der Waals surface area (Å²) < 4.78 is 5.42. The number of amides is 1. The van der Waals surface area contributed by atoms with E-state index in [2.05, 4.69) is 4.90 Å². The number of hydrogen-bond acceptors (Lipinski definition) is 4. The summed E-state index contributed by atoms with van der Waals surface area (Å²) in [6.45, 7) is 9.39. The first-order valence-electron chi connectivity index (χ1n) is 7.02. The zero-order valence-corrected chi connectivity index (χ0v) is 12.3. The Morgan fingerprint density at radius 2 is 1.89 bits per heavy atom. The van der Waals surface area contributed by atoms with Crippen LogP contribution in [0.4, 0.5) is 4.79 Å². The summed E-state index contributed by atoms with van der Waals surface area (Å²) in [5.74, 6) is 0.0382. The number of hydrogen-bond donors (Lipinski definition) is 0. The standard InChI is InChI=1S/C14H24N2O3/c1-10(17)12-9-15-7-5-6-11(15)8-16(12)13(18)19-14(2,3)4/h11-12H,5-9H2,1-4H3/t11-,12+/m1/s1. The van der Waals surface area contributed by atoms with Crippen molar-refractivity contribution >= 4 is 11.9 Å². The lowest BCUT2D eigenvalue weighted by Crippen LogP contribution is -2.60. The highest BCUT2D eigenvalue weighted by Gasteiger charge is 2.41. The van der Waals surface area contributed by atoms with Crippen molar-refractivity contribution < 1.29 is 14.3 Å².